The van der Waals surface area contributed by atoms with Gasteiger partial charge in [-0.25, -0.2) is 13.8 Å². The molecule has 1 atom stereocenters. The van der Waals surface area contributed by atoms with Gasteiger partial charge in [0.05, 0.1) is 12.6 Å². The van der Waals surface area contributed by atoms with Crippen LogP contribution < -0.4 is 0 Å². The number of fused-ring (bicyclic) bond motifs is 1. The third-order valence-electron chi connectivity index (χ3n) is 3.57. The topological polar surface area (TPSA) is 41.3 Å². The van der Waals surface area contributed by atoms with Crippen LogP contribution in [0.5, 0.6) is 0 Å². The highest BCUT2D eigenvalue weighted by molar-refractivity contribution is 5.21. The minimum absolute atomic E-state index is 0.00100. The van der Waals surface area contributed by atoms with Crippen LogP contribution in [0.1, 0.15) is 17.5 Å². The molecule has 2 heterocycles. The van der Waals surface area contributed by atoms with E-state index in [0.29, 0.717) is 6.54 Å². The molecule has 0 unspecified atom stereocenters. The summed E-state index contributed by atoms with van der Waals surface area (Å²) in [6.07, 6.45) is 2.60. The lowest BCUT2D eigenvalue weighted by Crippen LogP contribution is -2.36. The maximum absolute atomic E-state index is 13.6. The van der Waals surface area contributed by atoms with Gasteiger partial charge in [0.2, 0.25) is 0 Å². The maximum atomic E-state index is 13.6. The number of β-amino-alcohol motifs (C(OH)–C–C–N with tert-alkyl or cyclic N) is 1. The van der Waals surface area contributed by atoms with Crippen LogP contribution in [0.25, 0.3) is 0 Å². The largest absolute Gasteiger partial charge is 0.387 e. The highest BCUT2D eigenvalue weighted by atomic mass is 19.1. The summed E-state index contributed by atoms with van der Waals surface area (Å²) in [5.74, 6) is -0.213. The predicted molar refractivity (Wildman–Crippen MR) is 68.8 cm³/mol. The van der Waals surface area contributed by atoms with Crippen LogP contribution in [0.4, 0.5) is 8.78 Å². The predicted octanol–water partition coefficient (Wildman–Crippen LogP) is 1.71. The van der Waals surface area contributed by atoms with Crippen LogP contribution in [0.15, 0.2) is 30.6 Å². The lowest BCUT2D eigenvalue weighted by Gasteiger charge is -2.29. The monoisotopic (exact) mass is 279 g/mol. The van der Waals surface area contributed by atoms with Crippen molar-refractivity contribution in [2.45, 2.75) is 19.2 Å². The molecule has 0 fully saturated rings. The second-order valence-electron chi connectivity index (χ2n) is 4.95. The molecule has 0 saturated carbocycles. The van der Waals surface area contributed by atoms with Gasteiger partial charge in [-0.2, -0.15) is 0 Å². The Morgan fingerprint density at radius 1 is 1.30 bits per heavy atom. The van der Waals surface area contributed by atoms with Crippen molar-refractivity contribution in [1.82, 2.24) is 14.5 Å². The molecule has 1 N–H and O–H groups in total. The molecular formula is C14H15F2N3O. The number of aromatic nitrogens is 2. The van der Waals surface area contributed by atoms with Crippen LogP contribution in [0.3, 0.4) is 0 Å². The van der Waals surface area contributed by atoms with Gasteiger partial charge in [-0.3, -0.25) is 4.90 Å². The second kappa shape index (κ2) is 5.30. The molecule has 0 amide bonds. The Balaban J connectivity index is 1.71. The second-order valence-corrected chi connectivity index (χ2v) is 4.95. The summed E-state index contributed by atoms with van der Waals surface area (Å²) in [6, 6.07) is 3.13. The van der Waals surface area contributed by atoms with E-state index >= 15 is 0 Å². The first-order chi connectivity index (χ1) is 9.63. The first kappa shape index (κ1) is 13.2. The van der Waals surface area contributed by atoms with E-state index in [-0.39, 0.29) is 12.1 Å². The number of aliphatic hydroxyl groups is 1. The Hall–Kier alpha value is -1.79. The summed E-state index contributed by atoms with van der Waals surface area (Å²) in [5.41, 5.74) is -0.00100. The van der Waals surface area contributed by atoms with Crippen molar-refractivity contribution in [2.75, 3.05) is 13.1 Å². The summed E-state index contributed by atoms with van der Waals surface area (Å²) < 4.78 is 28.8. The Kier molecular flexibility index (Phi) is 3.50. The van der Waals surface area contributed by atoms with Crippen molar-refractivity contribution in [1.29, 1.82) is 0 Å². The van der Waals surface area contributed by atoms with E-state index in [4.69, 9.17) is 0 Å². The number of benzene rings is 1. The molecule has 1 aliphatic heterocycles. The fourth-order valence-corrected chi connectivity index (χ4v) is 2.49. The van der Waals surface area contributed by atoms with Crippen LogP contribution in [-0.4, -0.2) is 32.6 Å². The van der Waals surface area contributed by atoms with Crippen molar-refractivity contribution in [3.8, 4) is 0 Å². The lowest BCUT2D eigenvalue weighted by molar-refractivity contribution is 0.0935. The maximum Gasteiger partial charge on any atom is 0.129 e. The van der Waals surface area contributed by atoms with E-state index in [2.05, 4.69) is 4.98 Å². The summed E-state index contributed by atoms with van der Waals surface area (Å²) in [7, 11) is 0. The molecule has 20 heavy (non-hydrogen) atoms. The van der Waals surface area contributed by atoms with Gasteiger partial charge < -0.3 is 9.67 Å². The molecular weight excluding hydrogens is 264 g/mol. The molecule has 0 saturated heterocycles. The van der Waals surface area contributed by atoms with E-state index < -0.39 is 17.7 Å². The minimum atomic E-state index is -1.05. The third-order valence-corrected chi connectivity index (χ3v) is 3.57. The molecule has 106 valence electrons. The molecule has 2 aromatic rings. The number of imidazole rings is 1. The quantitative estimate of drug-likeness (QED) is 0.930. The fraction of sp³-hybridized carbons (Fsp3) is 0.357. The van der Waals surface area contributed by atoms with Gasteiger partial charge in [0, 0.05) is 37.6 Å². The van der Waals surface area contributed by atoms with E-state index in [1.807, 2.05) is 15.7 Å². The van der Waals surface area contributed by atoms with Gasteiger partial charge in [-0.15, -0.1) is 0 Å². The normalized spacial score (nSPS) is 16.9. The molecule has 6 heteroatoms. The first-order valence-electron chi connectivity index (χ1n) is 6.49. The molecule has 0 aliphatic carbocycles. The van der Waals surface area contributed by atoms with Crippen LogP contribution in [0.2, 0.25) is 0 Å². The Labute approximate surface area is 115 Å². The Bertz CT molecular complexity index is 614. The Morgan fingerprint density at radius 3 is 3.00 bits per heavy atom. The van der Waals surface area contributed by atoms with Crippen molar-refractivity contribution in [3.05, 3.63) is 53.6 Å². The molecule has 4 nitrogen and oxygen atoms in total. The number of hydrogen-bond acceptors (Lipinski definition) is 3. The first-order valence-corrected chi connectivity index (χ1v) is 6.49. The number of rotatable bonds is 3. The van der Waals surface area contributed by atoms with Gasteiger partial charge in [-0.05, 0) is 18.2 Å². The van der Waals surface area contributed by atoms with Crippen molar-refractivity contribution < 1.29 is 13.9 Å². The number of hydrogen-bond donors (Lipinski definition) is 1. The van der Waals surface area contributed by atoms with Gasteiger partial charge in [0.1, 0.15) is 17.5 Å². The average molecular weight is 279 g/mol. The summed E-state index contributed by atoms with van der Waals surface area (Å²) >= 11 is 0. The molecule has 1 aromatic heterocycles. The smallest absolute Gasteiger partial charge is 0.129 e. The van der Waals surface area contributed by atoms with Crippen molar-refractivity contribution in [2.24, 2.45) is 0 Å². The zero-order valence-corrected chi connectivity index (χ0v) is 10.8. The molecule has 1 aliphatic rings. The summed E-state index contributed by atoms with van der Waals surface area (Å²) in [5, 5.41) is 10.1. The van der Waals surface area contributed by atoms with Crippen LogP contribution >= 0.6 is 0 Å². The van der Waals surface area contributed by atoms with Crippen molar-refractivity contribution in [3.63, 3.8) is 0 Å². The van der Waals surface area contributed by atoms with Crippen LogP contribution in [0, 0.1) is 11.6 Å². The fourth-order valence-electron chi connectivity index (χ4n) is 2.49. The van der Waals surface area contributed by atoms with E-state index in [1.165, 1.54) is 0 Å². The number of aliphatic hydroxyl groups excluding tert-OH is 1. The van der Waals surface area contributed by atoms with Crippen LogP contribution in [-0.2, 0) is 13.1 Å². The van der Waals surface area contributed by atoms with Gasteiger partial charge in [0.15, 0.2) is 0 Å². The van der Waals surface area contributed by atoms with Crippen molar-refractivity contribution >= 4 is 0 Å². The highest BCUT2D eigenvalue weighted by Gasteiger charge is 2.21. The van der Waals surface area contributed by atoms with Gasteiger partial charge >= 0.3 is 0 Å². The zero-order valence-electron chi connectivity index (χ0n) is 10.8. The molecule has 1 aromatic carbocycles. The van der Waals surface area contributed by atoms with Gasteiger partial charge in [-0.1, -0.05) is 0 Å². The molecule has 0 radical (unpaired) electrons. The van der Waals surface area contributed by atoms with Gasteiger partial charge in [0.25, 0.3) is 0 Å². The highest BCUT2D eigenvalue weighted by Crippen LogP contribution is 2.21. The number of nitrogens with zero attached hydrogens (tertiary/aromatic N) is 3. The summed E-state index contributed by atoms with van der Waals surface area (Å²) in [6.45, 7) is 2.39. The molecule has 3 rings (SSSR count). The van der Waals surface area contributed by atoms with E-state index in [9.17, 15) is 13.9 Å². The zero-order chi connectivity index (χ0) is 14.1. The minimum Gasteiger partial charge on any atom is -0.387 e. The average Bonchev–Trinajstić information content (AvgIpc) is 2.89. The van der Waals surface area contributed by atoms with E-state index in [0.717, 1.165) is 37.1 Å². The third kappa shape index (κ3) is 2.57. The lowest BCUT2D eigenvalue weighted by atomic mass is 10.1. The summed E-state index contributed by atoms with van der Waals surface area (Å²) in [4.78, 5) is 6.21. The van der Waals surface area contributed by atoms with E-state index in [1.54, 1.807) is 6.20 Å². The molecule has 0 bridgehead atoms. The Morgan fingerprint density at radius 2 is 2.15 bits per heavy atom. The number of halogens is 2. The molecule has 0 spiro atoms. The standard InChI is InChI=1S/C14H15F2N3O/c15-10-1-2-12(16)11(7-10)13(20)8-18-5-6-19-4-3-17-14(19)9-18/h1-4,7,13,20H,5-6,8-9H2/t13-/m1/s1. The SMILES string of the molecule is O[C@H](CN1CCn2ccnc2C1)c1cc(F)ccc1F.